The van der Waals surface area contributed by atoms with Gasteiger partial charge in [0.1, 0.15) is 0 Å². The van der Waals surface area contributed by atoms with Gasteiger partial charge in [0, 0.05) is 37.3 Å². The standard InChI is InChI=1S/C14H24N4/c1-2-7-17(8-3-1)9-4-10-18-14-5-6-15-11-13(14)12-16-18/h12,15H,1-11H2. The molecule has 0 aliphatic carbocycles. The summed E-state index contributed by atoms with van der Waals surface area (Å²) in [6.07, 6.45) is 8.63. The van der Waals surface area contributed by atoms with E-state index in [1.165, 1.54) is 56.6 Å². The second-order valence-corrected chi connectivity index (χ2v) is 5.52. The molecule has 0 aromatic carbocycles. The van der Waals surface area contributed by atoms with Crippen LogP contribution in [-0.2, 0) is 19.5 Å². The van der Waals surface area contributed by atoms with E-state index in [0.717, 1.165) is 26.1 Å². The molecule has 4 nitrogen and oxygen atoms in total. The van der Waals surface area contributed by atoms with E-state index in [1.54, 1.807) is 0 Å². The summed E-state index contributed by atoms with van der Waals surface area (Å²) in [4.78, 5) is 2.61. The van der Waals surface area contributed by atoms with Crippen LogP contribution in [0, 0.1) is 0 Å². The third-order valence-electron chi connectivity index (χ3n) is 4.18. The van der Waals surface area contributed by atoms with Crippen molar-refractivity contribution in [2.75, 3.05) is 26.2 Å². The summed E-state index contributed by atoms with van der Waals surface area (Å²) in [5.41, 5.74) is 2.87. The summed E-state index contributed by atoms with van der Waals surface area (Å²) in [5.74, 6) is 0. The van der Waals surface area contributed by atoms with Gasteiger partial charge in [-0.05, 0) is 38.9 Å². The number of nitrogens with zero attached hydrogens (tertiary/aromatic N) is 3. The zero-order chi connectivity index (χ0) is 12.2. The molecule has 2 aliphatic heterocycles. The lowest BCUT2D eigenvalue weighted by atomic mass is 10.1. The topological polar surface area (TPSA) is 33.1 Å². The van der Waals surface area contributed by atoms with Gasteiger partial charge in [0.2, 0.25) is 0 Å². The maximum atomic E-state index is 4.54. The molecule has 100 valence electrons. The fourth-order valence-corrected chi connectivity index (χ4v) is 3.14. The Kier molecular flexibility index (Phi) is 3.96. The predicted molar refractivity (Wildman–Crippen MR) is 72.5 cm³/mol. The summed E-state index contributed by atoms with van der Waals surface area (Å²) < 4.78 is 2.24. The van der Waals surface area contributed by atoms with Crippen molar-refractivity contribution < 1.29 is 0 Å². The number of hydrogen-bond acceptors (Lipinski definition) is 3. The molecular formula is C14H24N4. The molecule has 0 radical (unpaired) electrons. The van der Waals surface area contributed by atoms with E-state index >= 15 is 0 Å². The van der Waals surface area contributed by atoms with E-state index in [2.05, 4.69) is 20.0 Å². The molecule has 3 heterocycles. The molecule has 2 aliphatic rings. The molecule has 0 unspecified atom stereocenters. The number of hydrogen-bond donors (Lipinski definition) is 1. The highest BCUT2D eigenvalue weighted by atomic mass is 15.3. The largest absolute Gasteiger partial charge is 0.312 e. The van der Waals surface area contributed by atoms with Gasteiger partial charge in [-0.2, -0.15) is 5.10 Å². The second-order valence-electron chi connectivity index (χ2n) is 5.52. The predicted octanol–water partition coefficient (Wildman–Crippen LogP) is 1.40. The number of fused-ring (bicyclic) bond motifs is 1. The number of nitrogens with one attached hydrogen (secondary N) is 1. The minimum atomic E-state index is 1.00. The molecule has 0 bridgehead atoms. The van der Waals surface area contributed by atoms with E-state index in [0.29, 0.717) is 0 Å². The molecular weight excluding hydrogens is 224 g/mol. The minimum Gasteiger partial charge on any atom is -0.312 e. The van der Waals surface area contributed by atoms with Crippen LogP contribution in [-0.4, -0.2) is 40.9 Å². The number of likely N-dealkylation sites (tertiary alicyclic amines) is 1. The Hall–Kier alpha value is -0.870. The van der Waals surface area contributed by atoms with Crippen molar-refractivity contribution in [1.29, 1.82) is 0 Å². The molecule has 1 aromatic heterocycles. The van der Waals surface area contributed by atoms with Crippen LogP contribution >= 0.6 is 0 Å². The molecule has 1 fully saturated rings. The van der Waals surface area contributed by atoms with E-state index in [4.69, 9.17) is 0 Å². The Balaban J connectivity index is 1.49. The summed E-state index contributed by atoms with van der Waals surface area (Å²) in [5, 5.41) is 7.94. The average Bonchev–Trinajstić information content (AvgIpc) is 2.84. The van der Waals surface area contributed by atoms with Crippen LogP contribution in [0.15, 0.2) is 6.20 Å². The van der Waals surface area contributed by atoms with Crippen LogP contribution in [0.5, 0.6) is 0 Å². The molecule has 1 aromatic rings. The maximum Gasteiger partial charge on any atom is 0.0537 e. The number of piperidine rings is 1. The normalized spacial score (nSPS) is 20.9. The highest BCUT2D eigenvalue weighted by molar-refractivity contribution is 5.20. The number of aromatic nitrogens is 2. The molecule has 0 amide bonds. The van der Waals surface area contributed by atoms with Crippen molar-refractivity contribution in [2.24, 2.45) is 0 Å². The first-order valence-electron chi connectivity index (χ1n) is 7.40. The van der Waals surface area contributed by atoms with Crippen LogP contribution in [0.1, 0.15) is 36.9 Å². The molecule has 4 heteroatoms. The van der Waals surface area contributed by atoms with Gasteiger partial charge in [-0.3, -0.25) is 4.68 Å². The first-order valence-corrected chi connectivity index (χ1v) is 7.40. The summed E-state index contributed by atoms with van der Waals surface area (Å²) >= 11 is 0. The van der Waals surface area contributed by atoms with Gasteiger partial charge in [-0.25, -0.2) is 0 Å². The smallest absolute Gasteiger partial charge is 0.0537 e. The molecule has 18 heavy (non-hydrogen) atoms. The van der Waals surface area contributed by atoms with E-state index in [1.807, 2.05) is 6.20 Å². The van der Waals surface area contributed by atoms with Crippen molar-refractivity contribution >= 4 is 0 Å². The van der Waals surface area contributed by atoms with Crippen molar-refractivity contribution in [2.45, 2.75) is 45.2 Å². The fourth-order valence-electron chi connectivity index (χ4n) is 3.14. The van der Waals surface area contributed by atoms with Gasteiger partial charge < -0.3 is 10.2 Å². The SMILES string of the molecule is c1nn(CCCN2CCCCC2)c2c1CNCC2. The van der Waals surface area contributed by atoms with Gasteiger partial charge in [0.25, 0.3) is 0 Å². The van der Waals surface area contributed by atoms with Gasteiger partial charge in [-0.15, -0.1) is 0 Å². The first kappa shape index (κ1) is 12.2. The number of aryl methyl sites for hydroxylation is 1. The lowest BCUT2D eigenvalue weighted by Gasteiger charge is -2.26. The quantitative estimate of drug-likeness (QED) is 0.874. The molecule has 0 atom stereocenters. The van der Waals surface area contributed by atoms with Gasteiger partial charge in [0.15, 0.2) is 0 Å². The summed E-state index contributed by atoms with van der Waals surface area (Å²) in [6.45, 7) is 7.05. The van der Waals surface area contributed by atoms with E-state index in [-0.39, 0.29) is 0 Å². The van der Waals surface area contributed by atoms with Crippen LogP contribution in [0.25, 0.3) is 0 Å². The third-order valence-corrected chi connectivity index (χ3v) is 4.18. The maximum absolute atomic E-state index is 4.54. The second kappa shape index (κ2) is 5.85. The Morgan fingerprint density at radius 3 is 2.94 bits per heavy atom. The first-order chi connectivity index (χ1) is 8.93. The minimum absolute atomic E-state index is 1.00. The van der Waals surface area contributed by atoms with E-state index < -0.39 is 0 Å². The average molecular weight is 248 g/mol. The molecule has 3 rings (SSSR count). The highest BCUT2D eigenvalue weighted by Gasteiger charge is 2.14. The van der Waals surface area contributed by atoms with Gasteiger partial charge in [-0.1, -0.05) is 6.42 Å². The number of rotatable bonds is 4. The van der Waals surface area contributed by atoms with Crippen LogP contribution in [0.3, 0.4) is 0 Å². The molecule has 1 saturated heterocycles. The monoisotopic (exact) mass is 248 g/mol. The highest BCUT2D eigenvalue weighted by Crippen LogP contribution is 2.14. The van der Waals surface area contributed by atoms with Crippen molar-refractivity contribution in [3.8, 4) is 0 Å². The van der Waals surface area contributed by atoms with Crippen LogP contribution < -0.4 is 5.32 Å². The zero-order valence-corrected chi connectivity index (χ0v) is 11.2. The van der Waals surface area contributed by atoms with Crippen molar-refractivity contribution in [1.82, 2.24) is 20.0 Å². The molecule has 1 N–H and O–H groups in total. The molecule has 0 spiro atoms. The van der Waals surface area contributed by atoms with Crippen molar-refractivity contribution in [3.05, 3.63) is 17.5 Å². The van der Waals surface area contributed by atoms with Crippen LogP contribution in [0.2, 0.25) is 0 Å². The zero-order valence-electron chi connectivity index (χ0n) is 11.2. The van der Waals surface area contributed by atoms with Gasteiger partial charge in [0.05, 0.1) is 6.20 Å². The van der Waals surface area contributed by atoms with Gasteiger partial charge >= 0.3 is 0 Å². The lowest BCUT2D eigenvalue weighted by molar-refractivity contribution is 0.221. The Labute approximate surface area is 109 Å². The molecule has 0 saturated carbocycles. The third kappa shape index (κ3) is 2.75. The van der Waals surface area contributed by atoms with E-state index in [9.17, 15) is 0 Å². The Bertz CT molecular complexity index is 379. The summed E-state index contributed by atoms with van der Waals surface area (Å²) in [6, 6.07) is 0. The lowest BCUT2D eigenvalue weighted by Crippen LogP contribution is -2.31. The Morgan fingerprint density at radius 1 is 1.17 bits per heavy atom. The van der Waals surface area contributed by atoms with Crippen LogP contribution in [0.4, 0.5) is 0 Å². The Morgan fingerprint density at radius 2 is 2.06 bits per heavy atom. The van der Waals surface area contributed by atoms with Crippen molar-refractivity contribution in [3.63, 3.8) is 0 Å². The summed E-state index contributed by atoms with van der Waals surface area (Å²) in [7, 11) is 0. The fraction of sp³-hybridized carbons (Fsp3) is 0.786.